The molecule has 0 radical (unpaired) electrons. The van der Waals surface area contributed by atoms with Crippen molar-refractivity contribution in [1.82, 2.24) is 15.5 Å². The van der Waals surface area contributed by atoms with E-state index in [4.69, 9.17) is 14.5 Å². The van der Waals surface area contributed by atoms with Crippen molar-refractivity contribution in [1.29, 1.82) is 0 Å². The van der Waals surface area contributed by atoms with E-state index in [1.54, 1.807) is 0 Å². The van der Waals surface area contributed by atoms with Gasteiger partial charge >= 0.3 is 0 Å². The molecule has 2 N–H and O–H groups in total. The van der Waals surface area contributed by atoms with Gasteiger partial charge < -0.3 is 20.1 Å². The first-order chi connectivity index (χ1) is 12.8. The van der Waals surface area contributed by atoms with Crippen molar-refractivity contribution >= 4 is 17.7 Å². The molecule has 0 aromatic rings. The van der Waals surface area contributed by atoms with Crippen LogP contribution in [-0.2, 0) is 9.47 Å². The van der Waals surface area contributed by atoms with Crippen LogP contribution >= 0.6 is 11.8 Å². The molecule has 1 saturated carbocycles. The van der Waals surface area contributed by atoms with Crippen LogP contribution in [0.25, 0.3) is 0 Å². The van der Waals surface area contributed by atoms with Crippen molar-refractivity contribution in [3.8, 4) is 0 Å². The molecule has 0 aromatic carbocycles. The van der Waals surface area contributed by atoms with Crippen molar-refractivity contribution in [2.75, 3.05) is 58.9 Å². The molecule has 0 spiro atoms. The third kappa shape index (κ3) is 5.75. The second kappa shape index (κ2) is 10.7. The number of hydrogen-bond donors (Lipinski definition) is 2. The molecule has 0 bridgehead atoms. The fourth-order valence-corrected chi connectivity index (χ4v) is 5.11. The number of nitrogens with one attached hydrogen (secondary N) is 2. The van der Waals surface area contributed by atoms with Gasteiger partial charge in [0.15, 0.2) is 5.96 Å². The largest absolute Gasteiger partial charge is 0.381 e. The van der Waals surface area contributed by atoms with Gasteiger partial charge in [-0.3, -0.25) is 9.89 Å². The summed E-state index contributed by atoms with van der Waals surface area (Å²) in [5, 5.41) is 7.93. The highest BCUT2D eigenvalue weighted by molar-refractivity contribution is 7.99. The van der Waals surface area contributed by atoms with Gasteiger partial charge in [0.2, 0.25) is 0 Å². The molecule has 3 fully saturated rings. The first-order valence-electron chi connectivity index (χ1n) is 10.3. The summed E-state index contributed by atoms with van der Waals surface area (Å²) in [5.74, 6) is 1.57. The first-order valence-corrected chi connectivity index (χ1v) is 11.6. The Bertz CT molecular complexity index is 439. The Morgan fingerprint density at radius 1 is 1.19 bits per heavy atom. The van der Waals surface area contributed by atoms with Crippen LogP contribution < -0.4 is 10.6 Å². The Morgan fingerprint density at radius 2 is 2.04 bits per heavy atom. The SMILES string of the molecule is CCNC(=NCC(C1CCOC1)N1CCOCC1)NC1CCC(SC)C1. The van der Waals surface area contributed by atoms with E-state index in [1.165, 1.54) is 19.3 Å². The molecule has 3 rings (SSSR count). The average Bonchev–Trinajstić information content (AvgIpc) is 3.35. The van der Waals surface area contributed by atoms with E-state index in [9.17, 15) is 0 Å². The summed E-state index contributed by atoms with van der Waals surface area (Å²) in [6, 6.07) is 1.02. The van der Waals surface area contributed by atoms with E-state index in [-0.39, 0.29) is 0 Å². The summed E-state index contributed by atoms with van der Waals surface area (Å²) < 4.78 is 11.2. The van der Waals surface area contributed by atoms with E-state index in [1.807, 2.05) is 11.8 Å². The zero-order valence-corrected chi connectivity index (χ0v) is 17.2. The van der Waals surface area contributed by atoms with Gasteiger partial charge in [-0.2, -0.15) is 11.8 Å². The molecule has 2 saturated heterocycles. The van der Waals surface area contributed by atoms with Crippen LogP contribution in [0.4, 0.5) is 0 Å². The number of rotatable bonds is 7. The van der Waals surface area contributed by atoms with Gasteiger partial charge in [0, 0.05) is 49.5 Å². The van der Waals surface area contributed by atoms with Crippen LogP contribution in [-0.4, -0.2) is 87.1 Å². The lowest BCUT2D eigenvalue weighted by molar-refractivity contribution is 0.00368. The normalized spacial score (nSPS) is 31.9. The van der Waals surface area contributed by atoms with E-state index in [2.05, 4.69) is 28.7 Å². The molecule has 2 aliphatic heterocycles. The van der Waals surface area contributed by atoms with Gasteiger partial charge in [-0.15, -0.1) is 0 Å². The van der Waals surface area contributed by atoms with Crippen LogP contribution in [0.2, 0.25) is 0 Å². The minimum Gasteiger partial charge on any atom is -0.381 e. The topological polar surface area (TPSA) is 58.1 Å². The molecular formula is C19H36N4O2S. The molecule has 2 heterocycles. The zero-order valence-electron chi connectivity index (χ0n) is 16.4. The number of hydrogen-bond acceptors (Lipinski definition) is 5. The summed E-state index contributed by atoms with van der Waals surface area (Å²) in [4.78, 5) is 7.56. The number of aliphatic imine (C=N–C) groups is 1. The summed E-state index contributed by atoms with van der Waals surface area (Å²) in [6.07, 6.45) is 7.19. The number of nitrogens with zero attached hydrogens (tertiary/aromatic N) is 2. The van der Waals surface area contributed by atoms with Crippen molar-refractivity contribution in [3.05, 3.63) is 0 Å². The maximum absolute atomic E-state index is 5.68. The zero-order chi connectivity index (χ0) is 18.2. The van der Waals surface area contributed by atoms with Gasteiger partial charge in [-0.25, -0.2) is 0 Å². The van der Waals surface area contributed by atoms with E-state index >= 15 is 0 Å². The molecular weight excluding hydrogens is 348 g/mol. The molecule has 7 heteroatoms. The van der Waals surface area contributed by atoms with Gasteiger partial charge in [-0.1, -0.05) is 0 Å². The summed E-state index contributed by atoms with van der Waals surface area (Å²) >= 11 is 2.00. The highest BCUT2D eigenvalue weighted by atomic mass is 32.2. The van der Waals surface area contributed by atoms with E-state index < -0.39 is 0 Å². The van der Waals surface area contributed by atoms with Crippen LogP contribution in [0.15, 0.2) is 4.99 Å². The third-order valence-electron chi connectivity index (χ3n) is 5.86. The lowest BCUT2D eigenvalue weighted by Gasteiger charge is -2.36. The third-order valence-corrected chi connectivity index (χ3v) is 6.96. The Labute approximate surface area is 162 Å². The summed E-state index contributed by atoms with van der Waals surface area (Å²) in [6.45, 7) is 9.35. The highest BCUT2D eigenvalue weighted by Crippen LogP contribution is 2.28. The predicted molar refractivity (Wildman–Crippen MR) is 109 cm³/mol. The molecule has 0 aromatic heterocycles. The molecule has 26 heavy (non-hydrogen) atoms. The van der Waals surface area contributed by atoms with Crippen LogP contribution in [0, 0.1) is 5.92 Å². The number of thioether (sulfide) groups is 1. The van der Waals surface area contributed by atoms with Crippen molar-refractivity contribution < 1.29 is 9.47 Å². The Hall–Kier alpha value is -0.500. The minimum absolute atomic E-state index is 0.458. The van der Waals surface area contributed by atoms with Gasteiger partial charge in [-0.05, 0) is 38.9 Å². The monoisotopic (exact) mass is 384 g/mol. The van der Waals surface area contributed by atoms with Crippen LogP contribution in [0.5, 0.6) is 0 Å². The smallest absolute Gasteiger partial charge is 0.191 e. The maximum atomic E-state index is 5.68. The highest BCUT2D eigenvalue weighted by Gasteiger charge is 2.31. The lowest BCUT2D eigenvalue weighted by Crippen LogP contribution is -2.50. The summed E-state index contributed by atoms with van der Waals surface area (Å²) in [5.41, 5.74) is 0. The summed E-state index contributed by atoms with van der Waals surface area (Å²) in [7, 11) is 0. The lowest BCUT2D eigenvalue weighted by atomic mass is 9.97. The van der Waals surface area contributed by atoms with Crippen molar-refractivity contribution in [2.24, 2.45) is 10.9 Å². The van der Waals surface area contributed by atoms with Gasteiger partial charge in [0.1, 0.15) is 0 Å². The molecule has 6 nitrogen and oxygen atoms in total. The van der Waals surface area contributed by atoms with Crippen molar-refractivity contribution in [2.45, 2.75) is 49.9 Å². The van der Waals surface area contributed by atoms with Crippen LogP contribution in [0.1, 0.15) is 32.6 Å². The van der Waals surface area contributed by atoms with E-state index in [0.717, 1.165) is 70.2 Å². The number of morpholine rings is 1. The van der Waals surface area contributed by atoms with E-state index in [0.29, 0.717) is 18.0 Å². The molecule has 3 aliphatic rings. The predicted octanol–water partition coefficient (Wildman–Crippen LogP) is 1.56. The van der Waals surface area contributed by atoms with Gasteiger partial charge in [0.25, 0.3) is 0 Å². The standard InChI is InChI=1S/C19H36N4O2S/c1-3-20-19(22-16-4-5-17(12-16)26-2)21-13-18(15-6-9-25-14-15)23-7-10-24-11-8-23/h15-18H,3-14H2,1-2H3,(H2,20,21,22). The van der Waals surface area contributed by atoms with Crippen LogP contribution in [0.3, 0.4) is 0 Å². The Morgan fingerprint density at radius 3 is 2.69 bits per heavy atom. The molecule has 1 aliphatic carbocycles. The quantitative estimate of drug-likeness (QED) is 0.513. The molecule has 4 atom stereocenters. The minimum atomic E-state index is 0.458. The number of guanidine groups is 1. The molecule has 0 amide bonds. The Kier molecular flexibility index (Phi) is 8.36. The first kappa shape index (κ1) is 20.2. The fourth-order valence-electron chi connectivity index (χ4n) is 4.31. The second-order valence-corrected chi connectivity index (χ2v) is 8.71. The average molecular weight is 385 g/mol. The maximum Gasteiger partial charge on any atom is 0.191 e. The number of ether oxygens (including phenoxy) is 2. The van der Waals surface area contributed by atoms with Gasteiger partial charge in [0.05, 0.1) is 26.4 Å². The fraction of sp³-hybridized carbons (Fsp3) is 0.947. The van der Waals surface area contributed by atoms with Crippen molar-refractivity contribution in [3.63, 3.8) is 0 Å². The second-order valence-electron chi connectivity index (χ2n) is 7.57. The molecule has 150 valence electrons. The molecule has 4 unspecified atom stereocenters. The Balaban J connectivity index is 1.60.